The lowest BCUT2D eigenvalue weighted by Crippen LogP contribution is -2.33. The quantitative estimate of drug-likeness (QED) is 0.259. The molecule has 1 aliphatic heterocycles. The summed E-state index contributed by atoms with van der Waals surface area (Å²) in [7, 11) is 0. The molecule has 9 heteroatoms. The zero-order valence-corrected chi connectivity index (χ0v) is 22.7. The highest BCUT2D eigenvalue weighted by atomic mass is 32.2. The topological polar surface area (TPSA) is 74.3 Å². The van der Waals surface area contributed by atoms with Gasteiger partial charge in [0.25, 0.3) is 11.8 Å². The highest BCUT2D eigenvalue weighted by Gasteiger charge is 2.28. The Morgan fingerprint density at radius 3 is 2.74 bits per heavy atom. The fraction of sp³-hybridized carbons (Fsp3) is 0.207. The predicted octanol–water partition coefficient (Wildman–Crippen LogP) is 6.49. The molecule has 1 aliphatic rings. The maximum Gasteiger partial charge on any atom is 0.276 e. The molecule has 2 aromatic heterocycles. The number of carbonyl (C=O) groups is 2. The van der Waals surface area contributed by atoms with Crippen molar-refractivity contribution in [2.75, 3.05) is 40.6 Å². The van der Waals surface area contributed by atoms with E-state index in [1.165, 1.54) is 17.4 Å². The molecule has 2 N–H and O–H groups in total. The van der Waals surface area contributed by atoms with Crippen LogP contribution in [0.1, 0.15) is 31.3 Å². The highest BCUT2D eigenvalue weighted by Crippen LogP contribution is 2.42. The van der Waals surface area contributed by atoms with Gasteiger partial charge in [-0.3, -0.25) is 9.59 Å². The molecular formula is C29H27FN4O2S2. The summed E-state index contributed by atoms with van der Waals surface area (Å²) in [5, 5.41) is 6.00. The number of aryl methyl sites for hydroxylation is 1. The number of carbonyl (C=O) groups excluding carboxylic acids is 2. The number of anilines is 3. The Bertz CT molecular complexity index is 1480. The van der Waals surface area contributed by atoms with Crippen molar-refractivity contribution in [3.8, 4) is 10.4 Å². The molecule has 38 heavy (non-hydrogen) atoms. The monoisotopic (exact) mass is 546 g/mol. The molecule has 0 saturated carbocycles. The molecule has 6 nitrogen and oxygen atoms in total. The number of rotatable bonds is 7. The second kappa shape index (κ2) is 11.4. The lowest BCUT2D eigenvalue weighted by molar-refractivity contribution is 0.0981. The zero-order chi connectivity index (χ0) is 26.6. The number of nitrogens with zero attached hydrogens (tertiary/aromatic N) is 2. The Labute approximate surface area is 229 Å². The Kier molecular flexibility index (Phi) is 7.76. The second-order valence-corrected chi connectivity index (χ2v) is 10.9. The van der Waals surface area contributed by atoms with E-state index in [4.69, 9.17) is 0 Å². The number of pyridine rings is 1. The standard InChI is InChI=1S/C29H27FN4O2S2/c1-18-7-5-9-21(30)26(18)33-28(35)24-17-19-13-15-34(23-11-4-3-8-20(23)27(19)38-24)29(36)22-10-6-12-25(32-22)31-14-16-37-2/h3-12,17H,13-16H2,1-2H3,(H,31,32)(H,33,35). The van der Waals surface area contributed by atoms with Crippen LogP contribution in [-0.2, 0) is 6.42 Å². The summed E-state index contributed by atoms with van der Waals surface area (Å²) < 4.78 is 14.3. The van der Waals surface area contributed by atoms with Crippen LogP contribution in [0.4, 0.5) is 21.6 Å². The van der Waals surface area contributed by atoms with E-state index in [2.05, 4.69) is 15.6 Å². The third-order valence-electron chi connectivity index (χ3n) is 6.36. The van der Waals surface area contributed by atoms with Crippen LogP contribution in [0.15, 0.2) is 66.7 Å². The Balaban J connectivity index is 1.43. The van der Waals surface area contributed by atoms with Gasteiger partial charge in [-0.2, -0.15) is 11.8 Å². The van der Waals surface area contributed by atoms with E-state index >= 15 is 0 Å². The number of nitrogens with one attached hydrogen (secondary N) is 2. The highest BCUT2D eigenvalue weighted by molar-refractivity contribution is 7.98. The predicted molar refractivity (Wildman–Crippen MR) is 155 cm³/mol. The second-order valence-electron chi connectivity index (χ2n) is 8.90. The smallest absolute Gasteiger partial charge is 0.276 e. The van der Waals surface area contributed by atoms with Gasteiger partial charge in [-0.1, -0.05) is 36.4 Å². The summed E-state index contributed by atoms with van der Waals surface area (Å²) in [4.78, 5) is 34.5. The SMILES string of the molecule is CSCCNc1cccc(C(=O)N2CCc3cc(C(=O)Nc4c(C)cccc4F)sc3-c3ccccc32)n1. The molecule has 4 aromatic rings. The van der Waals surface area contributed by atoms with Gasteiger partial charge in [0.2, 0.25) is 0 Å². The molecule has 0 saturated heterocycles. The first kappa shape index (κ1) is 25.9. The number of halogens is 1. The minimum atomic E-state index is -0.465. The van der Waals surface area contributed by atoms with Crippen LogP contribution in [0.5, 0.6) is 0 Å². The van der Waals surface area contributed by atoms with Gasteiger partial charge in [-0.15, -0.1) is 11.3 Å². The van der Waals surface area contributed by atoms with E-state index in [-0.39, 0.29) is 17.5 Å². The van der Waals surface area contributed by atoms with Crippen LogP contribution in [0.2, 0.25) is 0 Å². The van der Waals surface area contributed by atoms with Crippen LogP contribution < -0.4 is 15.5 Å². The first-order valence-electron chi connectivity index (χ1n) is 12.3. The van der Waals surface area contributed by atoms with Crippen molar-refractivity contribution in [2.24, 2.45) is 0 Å². The summed E-state index contributed by atoms with van der Waals surface area (Å²) in [6.07, 6.45) is 2.62. The fourth-order valence-corrected chi connectivity index (χ4v) is 5.90. The Hall–Kier alpha value is -3.69. The molecule has 3 heterocycles. The number of hydrogen-bond acceptors (Lipinski definition) is 6. The van der Waals surface area contributed by atoms with Gasteiger partial charge in [0.15, 0.2) is 0 Å². The average molecular weight is 547 g/mol. The largest absolute Gasteiger partial charge is 0.369 e. The number of para-hydroxylation sites is 2. The number of amides is 2. The van der Waals surface area contributed by atoms with Crippen molar-refractivity contribution >= 4 is 52.1 Å². The third kappa shape index (κ3) is 5.30. The van der Waals surface area contributed by atoms with Crippen LogP contribution in [0, 0.1) is 12.7 Å². The molecule has 5 rings (SSSR count). The van der Waals surface area contributed by atoms with Gasteiger partial charge in [0.05, 0.1) is 16.3 Å². The van der Waals surface area contributed by atoms with Gasteiger partial charge >= 0.3 is 0 Å². The molecule has 0 unspecified atom stereocenters. The van der Waals surface area contributed by atoms with Crippen LogP contribution in [0.3, 0.4) is 0 Å². The van der Waals surface area contributed by atoms with Crippen LogP contribution in [0.25, 0.3) is 10.4 Å². The molecular weight excluding hydrogens is 519 g/mol. The molecule has 0 fully saturated rings. The van der Waals surface area contributed by atoms with Crippen molar-refractivity contribution in [3.05, 3.63) is 94.2 Å². The molecule has 0 spiro atoms. The van der Waals surface area contributed by atoms with Crippen LogP contribution >= 0.6 is 23.1 Å². The lowest BCUT2D eigenvalue weighted by Gasteiger charge is -2.23. The molecule has 194 valence electrons. The molecule has 0 aliphatic carbocycles. The van der Waals surface area contributed by atoms with Gasteiger partial charge in [-0.25, -0.2) is 9.37 Å². The van der Waals surface area contributed by atoms with Gasteiger partial charge < -0.3 is 15.5 Å². The number of benzene rings is 2. The number of hydrogen-bond donors (Lipinski definition) is 2. The maximum absolute atomic E-state index is 14.3. The summed E-state index contributed by atoms with van der Waals surface area (Å²) in [5.74, 6) is 0.633. The number of thioether (sulfide) groups is 1. The number of thiophene rings is 1. The fourth-order valence-electron chi connectivity index (χ4n) is 4.46. The Morgan fingerprint density at radius 2 is 1.92 bits per heavy atom. The first-order chi connectivity index (χ1) is 18.5. The minimum absolute atomic E-state index is 0.172. The summed E-state index contributed by atoms with van der Waals surface area (Å²) in [5.41, 5.74) is 3.86. The first-order valence-corrected chi connectivity index (χ1v) is 14.5. The van der Waals surface area contributed by atoms with Crippen molar-refractivity contribution in [3.63, 3.8) is 0 Å². The van der Waals surface area contributed by atoms with Crippen molar-refractivity contribution in [2.45, 2.75) is 13.3 Å². The van der Waals surface area contributed by atoms with Gasteiger partial charge in [0, 0.05) is 29.3 Å². The summed E-state index contributed by atoms with van der Waals surface area (Å²) in [6.45, 7) is 2.97. The van der Waals surface area contributed by atoms with Crippen LogP contribution in [-0.4, -0.2) is 41.9 Å². The normalized spacial score (nSPS) is 12.3. The summed E-state index contributed by atoms with van der Waals surface area (Å²) in [6, 6.07) is 19.7. The van der Waals surface area contributed by atoms with E-state index in [1.54, 1.807) is 41.8 Å². The Morgan fingerprint density at radius 1 is 1.11 bits per heavy atom. The third-order valence-corrected chi connectivity index (χ3v) is 8.18. The minimum Gasteiger partial charge on any atom is -0.369 e. The summed E-state index contributed by atoms with van der Waals surface area (Å²) >= 11 is 3.10. The number of fused-ring (bicyclic) bond motifs is 3. The van der Waals surface area contributed by atoms with E-state index in [9.17, 15) is 14.0 Å². The van der Waals surface area contributed by atoms with Crippen molar-refractivity contribution < 1.29 is 14.0 Å². The van der Waals surface area contributed by atoms with Gasteiger partial charge in [0.1, 0.15) is 17.3 Å². The van der Waals surface area contributed by atoms with Crippen molar-refractivity contribution in [1.29, 1.82) is 0 Å². The maximum atomic E-state index is 14.3. The molecule has 0 bridgehead atoms. The molecule has 2 amide bonds. The van der Waals surface area contributed by atoms with Gasteiger partial charge in [-0.05, 0) is 61.1 Å². The molecule has 0 radical (unpaired) electrons. The van der Waals surface area contributed by atoms with E-state index in [1.807, 2.05) is 48.7 Å². The van der Waals surface area contributed by atoms with E-state index in [0.29, 0.717) is 34.9 Å². The zero-order valence-electron chi connectivity index (χ0n) is 21.1. The lowest BCUT2D eigenvalue weighted by atomic mass is 10.1. The van der Waals surface area contributed by atoms with E-state index in [0.717, 1.165) is 34.0 Å². The average Bonchev–Trinajstić information content (AvgIpc) is 3.29. The van der Waals surface area contributed by atoms with Crippen molar-refractivity contribution in [1.82, 2.24) is 4.98 Å². The molecule has 0 atom stereocenters. The number of aromatic nitrogens is 1. The van der Waals surface area contributed by atoms with E-state index < -0.39 is 5.82 Å². The molecule has 2 aromatic carbocycles.